The summed E-state index contributed by atoms with van der Waals surface area (Å²) in [4.78, 5) is 16.1. The van der Waals surface area contributed by atoms with Crippen molar-refractivity contribution in [2.75, 3.05) is 5.32 Å². The molecule has 1 aromatic carbocycles. The Morgan fingerprint density at radius 3 is 2.64 bits per heavy atom. The van der Waals surface area contributed by atoms with Crippen molar-refractivity contribution >= 4 is 11.6 Å². The lowest BCUT2D eigenvalue weighted by Gasteiger charge is -2.04. The summed E-state index contributed by atoms with van der Waals surface area (Å²) < 4.78 is 1.98. The van der Waals surface area contributed by atoms with Crippen LogP contribution in [0.3, 0.4) is 0 Å². The summed E-state index contributed by atoms with van der Waals surface area (Å²) in [5.41, 5.74) is 3.52. The number of pyridine rings is 1. The van der Waals surface area contributed by atoms with Gasteiger partial charge in [-0.3, -0.25) is 9.78 Å². The highest BCUT2D eigenvalue weighted by molar-refractivity contribution is 6.02. The predicted octanol–water partition coefficient (Wildman–Crippen LogP) is 3.69. The van der Waals surface area contributed by atoms with E-state index in [0.717, 1.165) is 17.8 Å². The van der Waals surface area contributed by atoms with Gasteiger partial charge in [-0.2, -0.15) is 0 Å². The molecule has 3 rings (SSSR count). The molecule has 0 aliphatic heterocycles. The molecular weight excluding hydrogens is 274 g/mol. The summed E-state index contributed by atoms with van der Waals surface area (Å²) in [5, 5.41) is 2.85. The lowest BCUT2D eigenvalue weighted by Crippen LogP contribution is -2.12. The highest BCUT2D eigenvalue weighted by Crippen LogP contribution is 2.16. The van der Waals surface area contributed by atoms with Gasteiger partial charge in [-0.05, 0) is 42.3 Å². The summed E-state index contributed by atoms with van der Waals surface area (Å²) in [5.74, 6) is -0.209. The monoisotopic (exact) mass is 291 g/mol. The third kappa shape index (κ3) is 3.06. The number of aryl methyl sites for hydroxylation is 1. The number of rotatable bonds is 4. The summed E-state index contributed by atoms with van der Waals surface area (Å²) in [7, 11) is 0. The zero-order valence-corrected chi connectivity index (χ0v) is 12.4. The molecule has 0 aliphatic carbocycles. The quantitative estimate of drug-likeness (QED) is 0.797. The first-order valence-electron chi connectivity index (χ1n) is 7.26. The third-order valence-corrected chi connectivity index (χ3v) is 3.49. The molecule has 0 saturated heterocycles. The molecule has 3 aromatic rings. The van der Waals surface area contributed by atoms with Crippen LogP contribution in [0.4, 0.5) is 5.69 Å². The number of hydrogen-bond acceptors (Lipinski definition) is 2. The van der Waals surface area contributed by atoms with Gasteiger partial charge >= 0.3 is 0 Å². The number of hydrogen-bond donors (Lipinski definition) is 1. The van der Waals surface area contributed by atoms with Crippen molar-refractivity contribution in [3.05, 3.63) is 78.4 Å². The molecule has 0 aliphatic rings. The predicted molar refractivity (Wildman–Crippen MR) is 87.3 cm³/mol. The Bertz CT molecular complexity index is 761. The lowest BCUT2D eigenvalue weighted by atomic mass is 10.1. The van der Waals surface area contributed by atoms with Crippen molar-refractivity contribution in [1.29, 1.82) is 0 Å². The number of nitrogens with zero attached hydrogens (tertiary/aromatic N) is 2. The second-order valence-electron chi connectivity index (χ2n) is 5.00. The standard InChI is InChI=1S/C18H17N3O/c1-2-14-6-8-16(9-7-14)21-12-10-15(13-21)20-18(22)17-5-3-4-11-19-17/h3-13H,2H2,1H3,(H,20,22). The van der Waals surface area contributed by atoms with Crippen LogP contribution in [0.2, 0.25) is 0 Å². The van der Waals surface area contributed by atoms with Crippen LogP contribution in [0.25, 0.3) is 5.69 Å². The SMILES string of the molecule is CCc1ccc(-n2ccc(NC(=O)c3ccccn3)c2)cc1. The Balaban J connectivity index is 1.74. The van der Waals surface area contributed by atoms with Crippen molar-refractivity contribution < 1.29 is 4.79 Å². The molecule has 1 N–H and O–H groups in total. The van der Waals surface area contributed by atoms with E-state index in [-0.39, 0.29) is 5.91 Å². The van der Waals surface area contributed by atoms with E-state index < -0.39 is 0 Å². The first-order valence-corrected chi connectivity index (χ1v) is 7.26. The van der Waals surface area contributed by atoms with Crippen LogP contribution in [0.5, 0.6) is 0 Å². The largest absolute Gasteiger partial charge is 0.322 e. The van der Waals surface area contributed by atoms with E-state index in [4.69, 9.17) is 0 Å². The van der Waals surface area contributed by atoms with Crippen molar-refractivity contribution in [2.24, 2.45) is 0 Å². The number of carbonyl (C=O) groups is 1. The fourth-order valence-electron chi connectivity index (χ4n) is 2.23. The van der Waals surface area contributed by atoms with Gasteiger partial charge in [0.1, 0.15) is 5.69 Å². The summed E-state index contributed by atoms with van der Waals surface area (Å²) in [6.45, 7) is 2.13. The van der Waals surface area contributed by atoms with Crippen LogP contribution in [0.1, 0.15) is 23.0 Å². The first kappa shape index (κ1) is 14.1. The summed E-state index contributed by atoms with van der Waals surface area (Å²) in [6, 6.07) is 15.5. The molecule has 2 aromatic heterocycles. The summed E-state index contributed by atoms with van der Waals surface area (Å²) >= 11 is 0. The molecule has 2 heterocycles. The van der Waals surface area contributed by atoms with Crippen LogP contribution in [-0.4, -0.2) is 15.5 Å². The van der Waals surface area contributed by atoms with E-state index >= 15 is 0 Å². The second-order valence-corrected chi connectivity index (χ2v) is 5.00. The molecule has 4 nitrogen and oxygen atoms in total. The fraction of sp³-hybridized carbons (Fsp3) is 0.111. The number of aromatic nitrogens is 2. The van der Waals surface area contributed by atoms with Gasteiger partial charge in [-0.1, -0.05) is 25.1 Å². The van der Waals surface area contributed by atoms with E-state index in [1.54, 1.807) is 24.4 Å². The molecule has 22 heavy (non-hydrogen) atoms. The van der Waals surface area contributed by atoms with Gasteiger partial charge in [0, 0.05) is 24.3 Å². The van der Waals surface area contributed by atoms with Gasteiger partial charge in [0.15, 0.2) is 0 Å². The average Bonchev–Trinajstić information content (AvgIpc) is 3.04. The molecule has 0 saturated carbocycles. The zero-order valence-electron chi connectivity index (χ0n) is 12.4. The van der Waals surface area contributed by atoms with Crippen molar-refractivity contribution in [2.45, 2.75) is 13.3 Å². The van der Waals surface area contributed by atoms with Gasteiger partial charge in [0.25, 0.3) is 5.91 Å². The molecule has 0 spiro atoms. The Morgan fingerprint density at radius 1 is 1.14 bits per heavy atom. The lowest BCUT2D eigenvalue weighted by molar-refractivity contribution is 0.102. The number of anilines is 1. The van der Waals surface area contributed by atoms with Crippen LogP contribution in [0.15, 0.2) is 67.1 Å². The Kier molecular flexibility index (Phi) is 4.01. The molecule has 0 atom stereocenters. The third-order valence-electron chi connectivity index (χ3n) is 3.49. The second kappa shape index (κ2) is 6.26. The van der Waals surface area contributed by atoms with E-state index in [2.05, 4.69) is 41.5 Å². The topological polar surface area (TPSA) is 46.9 Å². The molecule has 0 radical (unpaired) electrons. The molecule has 0 bridgehead atoms. The number of benzene rings is 1. The van der Waals surface area contributed by atoms with Crippen molar-refractivity contribution in [3.63, 3.8) is 0 Å². The first-order chi connectivity index (χ1) is 10.8. The number of amides is 1. The number of carbonyl (C=O) groups excluding carboxylic acids is 1. The Morgan fingerprint density at radius 2 is 1.95 bits per heavy atom. The maximum atomic E-state index is 12.1. The highest BCUT2D eigenvalue weighted by atomic mass is 16.1. The minimum absolute atomic E-state index is 0.209. The molecule has 0 unspecified atom stereocenters. The van der Waals surface area contributed by atoms with Gasteiger partial charge in [-0.15, -0.1) is 0 Å². The van der Waals surface area contributed by atoms with Crippen LogP contribution < -0.4 is 5.32 Å². The van der Waals surface area contributed by atoms with Gasteiger partial charge in [0.2, 0.25) is 0 Å². The minimum Gasteiger partial charge on any atom is -0.322 e. The van der Waals surface area contributed by atoms with E-state index in [9.17, 15) is 4.79 Å². The van der Waals surface area contributed by atoms with E-state index in [0.29, 0.717) is 5.69 Å². The highest BCUT2D eigenvalue weighted by Gasteiger charge is 2.07. The molecular formula is C18H17N3O. The molecule has 1 amide bonds. The van der Waals surface area contributed by atoms with Crippen LogP contribution in [-0.2, 0) is 6.42 Å². The number of nitrogens with one attached hydrogen (secondary N) is 1. The van der Waals surface area contributed by atoms with Gasteiger partial charge < -0.3 is 9.88 Å². The molecule has 110 valence electrons. The van der Waals surface area contributed by atoms with Crippen molar-refractivity contribution in [3.8, 4) is 5.69 Å². The van der Waals surface area contributed by atoms with E-state index in [1.165, 1.54) is 5.56 Å². The average molecular weight is 291 g/mol. The van der Waals surface area contributed by atoms with Crippen LogP contribution >= 0.6 is 0 Å². The maximum absolute atomic E-state index is 12.1. The fourth-order valence-corrected chi connectivity index (χ4v) is 2.23. The van der Waals surface area contributed by atoms with E-state index in [1.807, 2.05) is 23.0 Å². The normalized spacial score (nSPS) is 10.4. The smallest absolute Gasteiger partial charge is 0.274 e. The molecule has 4 heteroatoms. The van der Waals surface area contributed by atoms with Crippen molar-refractivity contribution in [1.82, 2.24) is 9.55 Å². The molecule has 0 fully saturated rings. The Labute approximate surface area is 129 Å². The zero-order chi connectivity index (χ0) is 15.4. The van der Waals surface area contributed by atoms with Gasteiger partial charge in [0.05, 0.1) is 5.69 Å². The minimum atomic E-state index is -0.209. The summed E-state index contributed by atoms with van der Waals surface area (Å²) in [6.07, 6.45) is 6.45. The Hall–Kier alpha value is -2.88. The maximum Gasteiger partial charge on any atom is 0.274 e. The van der Waals surface area contributed by atoms with Gasteiger partial charge in [-0.25, -0.2) is 0 Å². The van der Waals surface area contributed by atoms with Crippen LogP contribution in [0, 0.1) is 0 Å².